The van der Waals surface area contributed by atoms with Crippen LogP contribution in [0.4, 0.5) is 4.79 Å². The summed E-state index contributed by atoms with van der Waals surface area (Å²) in [6.45, 7) is 11.0. The Labute approximate surface area is 257 Å². The Morgan fingerprint density at radius 1 is 1.07 bits per heavy atom. The number of Topliss-reactive ketones (excluding diaryl/α,β-unsaturated/α-hetero) is 1. The van der Waals surface area contributed by atoms with Crippen LogP contribution in [0.3, 0.4) is 0 Å². The number of hydrogen-bond donors (Lipinski definition) is 3. The summed E-state index contributed by atoms with van der Waals surface area (Å²) >= 11 is 0. The van der Waals surface area contributed by atoms with Crippen LogP contribution in [0.15, 0.2) is 48.5 Å². The molecule has 0 aromatic heterocycles. The lowest BCUT2D eigenvalue weighted by molar-refractivity contribution is -0.127. The molecule has 1 aliphatic rings. The fourth-order valence-corrected chi connectivity index (χ4v) is 6.09. The number of benzene rings is 2. The van der Waals surface area contributed by atoms with E-state index in [-0.39, 0.29) is 42.6 Å². The second kappa shape index (κ2) is 17.0. The summed E-state index contributed by atoms with van der Waals surface area (Å²) in [5, 5.41) is 17.5. The number of unbranched alkanes of at least 4 members (excludes halogenated alkanes) is 1. The van der Waals surface area contributed by atoms with Gasteiger partial charge < -0.3 is 25.4 Å². The summed E-state index contributed by atoms with van der Waals surface area (Å²) in [6, 6.07) is 14.4. The standard InChI is InChI=1S/C35H51N3O5/c1-6-7-15-28(22-31(40)33(24(2)3)38-19-12-18-36-35(38)42)21-30(39)29(20-27-16-9-8-10-17-27)37-32(41)23-43-34-25(4)13-11-14-26(34)5/h8-11,13-14,16-17,24,28-30,33,39H,6-7,12,15,18-23H2,1-5H3,(H,36,42)(H,37,41)/t28-,29+,30+,33+/m1/s1. The van der Waals surface area contributed by atoms with E-state index in [1.165, 1.54) is 0 Å². The van der Waals surface area contributed by atoms with Crippen molar-refractivity contribution in [3.63, 3.8) is 0 Å². The molecule has 0 saturated carbocycles. The molecule has 8 nitrogen and oxygen atoms in total. The van der Waals surface area contributed by atoms with E-state index in [2.05, 4.69) is 17.6 Å². The monoisotopic (exact) mass is 593 g/mol. The van der Waals surface area contributed by atoms with Gasteiger partial charge in [-0.25, -0.2) is 4.79 Å². The van der Waals surface area contributed by atoms with E-state index in [1.54, 1.807) is 4.90 Å². The second-order valence-corrected chi connectivity index (χ2v) is 12.3. The van der Waals surface area contributed by atoms with E-state index in [4.69, 9.17) is 4.74 Å². The number of ketones is 1. The SMILES string of the molecule is CCCC[C@@H](CC(=O)[C@H](C(C)C)N1CCCNC1=O)C[C@H](O)[C@H](Cc1ccccc1)NC(=O)COc1c(C)cccc1C. The summed E-state index contributed by atoms with van der Waals surface area (Å²) < 4.78 is 5.89. The number of rotatable bonds is 17. The number of hydrogen-bond acceptors (Lipinski definition) is 5. The molecule has 1 saturated heterocycles. The third-order valence-electron chi connectivity index (χ3n) is 8.31. The lowest BCUT2D eigenvalue weighted by Gasteiger charge is -2.37. The molecule has 1 heterocycles. The molecule has 0 bridgehead atoms. The normalized spacial score (nSPS) is 16.3. The van der Waals surface area contributed by atoms with Gasteiger partial charge in [0.15, 0.2) is 12.4 Å². The predicted octanol–water partition coefficient (Wildman–Crippen LogP) is 5.37. The van der Waals surface area contributed by atoms with Crippen LogP contribution in [0.2, 0.25) is 0 Å². The Hall–Kier alpha value is -3.39. The van der Waals surface area contributed by atoms with Crippen LogP contribution < -0.4 is 15.4 Å². The highest BCUT2D eigenvalue weighted by Gasteiger charge is 2.35. The zero-order valence-electron chi connectivity index (χ0n) is 26.6. The van der Waals surface area contributed by atoms with Crippen LogP contribution in [0.1, 0.15) is 76.0 Å². The number of nitrogens with one attached hydrogen (secondary N) is 2. The Balaban J connectivity index is 1.73. The van der Waals surface area contributed by atoms with Crippen LogP contribution in [-0.4, -0.2) is 65.6 Å². The van der Waals surface area contributed by atoms with Crippen molar-refractivity contribution < 1.29 is 24.2 Å². The topological polar surface area (TPSA) is 108 Å². The maximum atomic E-state index is 13.7. The Morgan fingerprint density at radius 3 is 2.40 bits per heavy atom. The summed E-state index contributed by atoms with van der Waals surface area (Å²) in [5.74, 6) is 0.330. The lowest BCUT2D eigenvalue weighted by atomic mass is 9.84. The van der Waals surface area contributed by atoms with E-state index >= 15 is 0 Å². The van der Waals surface area contributed by atoms with E-state index in [9.17, 15) is 19.5 Å². The minimum atomic E-state index is -0.866. The lowest BCUT2D eigenvalue weighted by Crippen LogP contribution is -2.55. The number of ether oxygens (including phenoxy) is 1. The molecule has 3 amide bonds. The second-order valence-electron chi connectivity index (χ2n) is 12.3. The molecule has 0 aliphatic carbocycles. The van der Waals surface area contributed by atoms with E-state index in [0.29, 0.717) is 31.7 Å². The van der Waals surface area contributed by atoms with E-state index < -0.39 is 18.2 Å². The summed E-state index contributed by atoms with van der Waals surface area (Å²) in [6.07, 6.45) is 3.75. The van der Waals surface area contributed by atoms with Crippen molar-refractivity contribution in [1.82, 2.24) is 15.5 Å². The largest absolute Gasteiger partial charge is 0.483 e. The minimum Gasteiger partial charge on any atom is -0.483 e. The molecule has 0 unspecified atom stereocenters. The molecular weight excluding hydrogens is 542 g/mol. The summed E-state index contributed by atoms with van der Waals surface area (Å²) in [7, 11) is 0. The highest BCUT2D eigenvalue weighted by molar-refractivity contribution is 5.89. The number of aliphatic hydroxyl groups is 1. The first-order valence-electron chi connectivity index (χ1n) is 15.9. The van der Waals surface area contributed by atoms with Gasteiger partial charge in [0.1, 0.15) is 5.75 Å². The van der Waals surface area contributed by atoms with Gasteiger partial charge in [0.25, 0.3) is 5.91 Å². The predicted molar refractivity (Wildman–Crippen MR) is 170 cm³/mol. The minimum absolute atomic E-state index is 0.0184. The fraction of sp³-hybridized carbons (Fsp3) is 0.571. The number of carbonyl (C=O) groups is 3. The van der Waals surface area contributed by atoms with E-state index in [0.717, 1.165) is 42.4 Å². The maximum absolute atomic E-state index is 13.7. The molecule has 8 heteroatoms. The van der Waals surface area contributed by atoms with Gasteiger partial charge in [-0.3, -0.25) is 9.59 Å². The molecule has 0 spiro atoms. The van der Waals surface area contributed by atoms with Crippen molar-refractivity contribution in [2.75, 3.05) is 19.7 Å². The average molecular weight is 594 g/mol. The van der Waals surface area contributed by atoms with Gasteiger partial charge in [-0.2, -0.15) is 0 Å². The molecule has 3 N–H and O–H groups in total. The van der Waals surface area contributed by atoms with Gasteiger partial charge in [-0.15, -0.1) is 0 Å². The Morgan fingerprint density at radius 2 is 1.77 bits per heavy atom. The number of aryl methyl sites for hydroxylation is 2. The fourth-order valence-electron chi connectivity index (χ4n) is 6.09. The Bertz CT molecular complexity index is 1170. The molecule has 2 aromatic rings. The van der Waals surface area contributed by atoms with Gasteiger partial charge in [0.2, 0.25) is 0 Å². The summed E-state index contributed by atoms with van der Waals surface area (Å²) in [4.78, 5) is 41.1. The number of carbonyl (C=O) groups excluding carboxylic acids is 3. The molecule has 4 atom stereocenters. The van der Waals surface area contributed by atoms with Crippen molar-refractivity contribution in [3.8, 4) is 5.75 Å². The average Bonchev–Trinajstić information content (AvgIpc) is 2.96. The van der Waals surface area contributed by atoms with Crippen LogP contribution >= 0.6 is 0 Å². The highest BCUT2D eigenvalue weighted by atomic mass is 16.5. The number of urea groups is 1. The number of para-hydroxylation sites is 1. The van der Waals surface area contributed by atoms with Crippen molar-refractivity contribution in [2.45, 2.75) is 97.8 Å². The molecule has 43 heavy (non-hydrogen) atoms. The first-order chi connectivity index (χ1) is 20.6. The third kappa shape index (κ3) is 10.4. The quantitative estimate of drug-likeness (QED) is 0.229. The molecule has 236 valence electrons. The van der Waals surface area contributed by atoms with Crippen molar-refractivity contribution in [1.29, 1.82) is 0 Å². The first kappa shape index (κ1) is 34.1. The van der Waals surface area contributed by atoms with Crippen LogP contribution in [0, 0.1) is 25.7 Å². The highest BCUT2D eigenvalue weighted by Crippen LogP contribution is 2.26. The molecule has 3 rings (SSSR count). The zero-order valence-corrected chi connectivity index (χ0v) is 26.6. The molecule has 0 radical (unpaired) electrons. The Kier molecular flexibility index (Phi) is 13.5. The number of aliphatic hydroxyl groups excluding tert-OH is 1. The van der Waals surface area contributed by atoms with Gasteiger partial charge in [0, 0.05) is 19.5 Å². The van der Waals surface area contributed by atoms with Crippen LogP contribution in [0.5, 0.6) is 5.75 Å². The maximum Gasteiger partial charge on any atom is 0.318 e. The smallest absolute Gasteiger partial charge is 0.318 e. The van der Waals surface area contributed by atoms with Gasteiger partial charge in [0.05, 0.1) is 18.2 Å². The molecular formula is C35H51N3O5. The van der Waals surface area contributed by atoms with Crippen molar-refractivity contribution in [3.05, 3.63) is 65.2 Å². The van der Waals surface area contributed by atoms with E-state index in [1.807, 2.05) is 76.2 Å². The zero-order chi connectivity index (χ0) is 31.4. The van der Waals surface area contributed by atoms with Crippen molar-refractivity contribution >= 4 is 17.7 Å². The molecule has 2 aromatic carbocycles. The van der Waals surface area contributed by atoms with Crippen molar-refractivity contribution in [2.24, 2.45) is 11.8 Å². The third-order valence-corrected chi connectivity index (χ3v) is 8.31. The molecule has 1 fully saturated rings. The van der Waals surface area contributed by atoms with Crippen LogP contribution in [-0.2, 0) is 16.0 Å². The summed E-state index contributed by atoms with van der Waals surface area (Å²) in [5.41, 5.74) is 2.91. The van der Waals surface area contributed by atoms with Gasteiger partial charge >= 0.3 is 6.03 Å². The number of amides is 3. The number of nitrogens with zero attached hydrogens (tertiary/aromatic N) is 1. The van der Waals surface area contributed by atoms with Gasteiger partial charge in [-0.05, 0) is 68.1 Å². The van der Waals surface area contributed by atoms with Gasteiger partial charge in [-0.1, -0.05) is 82.1 Å². The first-order valence-corrected chi connectivity index (χ1v) is 15.9. The molecule has 1 aliphatic heterocycles. The van der Waals surface area contributed by atoms with Crippen LogP contribution in [0.25, 0.3) is 0 Å².